The van der Waals surface area contributed by atoms with E-state index in [9.17, 15) is 4.79 Å². The first-order valence-corrected chi connectivity index (χ1v) is 4.88. The van der Waals surface area contributed by atoms with E-state index in [1.165, 1.54) is 11.0 Å². The molecule has 0 aliphatic heterocycles. The number of halogens is 1. The van der Waals surface area contributed by atoms with Crippen molar-refractivity contribution in [3.8, 4) is 5.69 Å². The molecule has 76 valence electrons. The average Bonchev–Trinajstić information content (AvgIpc) is 2.66. The Labute approximate surface area is 93.5 Å². The number of hydrogen-bond acceptors (Lipinski definition) is 3. The highest BCUT2D eigenvalue weighted by Crippen LogP contribution is 2.13. The number of hydrogen-bond donors (Lipinski definition) is 1. The molecule has 0 aliphatic carbocycles. The van der Waals surface area contributed by atoms with E-state index in [2.05, 4.69) is 26.1 Å². The van der Waals surface area contributed by atoms with Crippen LogP contribution in [0.3, 0.4) is 0 Å². The van der Waals surface area contributed by atoms with Gasteiger partial charge in [0, 0.05) is 4.47 Å². The van der Waals surface area contributed by atoms with Gasteiger partial charge in [0.2, 0.25) is 0 Å². The predicted octanol–water partition coefficient (Wildman–Crippen LogP) is 1.73. The Morgan fingerprint density at radius 1 is 1.47 bits per heavy atom. The van der Waals surface area contributed by atoms with Gasteiger partial charge in [-0.25, -0.2) is 4.79 Å². The Morgan fingerprint density at radius 3 is 2.87 bits per heavy atom. The number of nitrogens with zero attached hydrogens (tertiary/aromatic N) is 3. The molecule has 0 saturated heterocycles. The number of benzene rings is 1. The third-order valence-electron chi connectivity index (χ3n) is 1.75. The van der Waals surface area contributed by atoms with Crippen LogP contribution in [0.15, 0.2) is 34.9 Å². The maximum Gasteiger partial charge on any atom is 0.358 e. The van der Waals surface area contributed by atoms with E-state index >= 15 is 0 Å². The summed E-state index contributed by atoms with van der Waals surface area (Å²) < 4.78 is 0.883. The zero-order valence-electron chi connectivity index (χ0n) is 7.46. The van der Waals surface area contributed by atoms with Crippen LogP contribution in [0.25, 0.3) is 5.69 Å². The molecule has 1 N–H and O–H groups in total. The average molecular weight is 268 g/mol. The minimum atomic E-state index is -1.09. The number of aromatic carboxylic acids is 1. The molecule has 0 radical (unpaired) electrons. The first-order chi connectivity index (χ1) is 7.16. The first-order valence-electron chi connectivity index (χ1n) is 4.08. The molecule has 1 heterocycles. The van der Waals surface area contributed by atoms with Crippen LogP contribution in [-0.2, 0) is 0 Å². The van der Waals surface area contributed by atoms with Gasteiger partial charge < -0.3 is 5.11 Å². The quantitative estimate of drug-likeness (QED) is 0.900. The number of carbonyl (C=O) groups is 1. The van der Waals surface area contributed by atoms with E-state index in [4.69, 9.17) is 5.11 Å². The van der Waals surface area contributed by atoms with E-state index in [1.54, 1.807) is 12.1 Å². The summed E-state index contributed by atoms with van der Waals surface area (Å²) in [6, 6.07) is 7.27. The molecular weight excluding hydrogens is 262 g/mol. The lowest BCUT2D eigenvalue weighted by Gasteiger charge is -1.98. The molecule has 0 fully saturated rings. The summed E-state index contributed by atoms with van der Waals surface area (Å²) in [5, 5.41) is 16.3. The second kappa shape index (κ2) is 3.82. The van der Waals surface area contributed by atoms with Crippen LogP contribution in [0.1, 0.15) is 10.5 Å². The molecule has 6 heteroatoms. The zero-order valence-corrected chi connectivity index (χ0v) is 9.05. The maximum absolute atomic E-state index is 10.6. The molecular formula is C9H6BrN3O2. The Balaban J connectivity index is 2.41. The van der Waals surface area contributed by atoms with Crippen LogP contribution >= 0.6 is 15.9 Å². The Hall–Kier alpha value is -1.69. The van der Waals surface area contributed by atoms with Gasteiger partial charge in [0.05, 0.1) is 11.9 Å². The summed E-state index contributed by atoms with van der Waals surface area (Å²) in [6.07, 6.45) is 1.21. The second-order valence-electron chi connectivity index (χ2n) is 2.80. The molecule has 2 rings (SSSR count). The van der Waals surface area contributed by atoms with Crippen LogP contribution in [0.4, 0.5) is 0 Å². The van der Waals surface area contributed by atoms with Gasteiger partial charge in [-0.05, 0) is 18.2 Å². The van der Waals surface area contributed by atoms with Crippen LogP contribution in [0.2, 0.25) is 0 Å². The van der Waals surface area contributed by atoms with Crippen molar-refractivity contribution in [2.45, 2.75) is 0 Å². The fourth-order valence-electron chi connectivity index (χ4n) is 1.09. The van der Waals surface area contributed by atoms with E-state index in [0.29, 0.717) is 5.69 Å². The highest BCUT2D eigenvalue weighted by molar-refractivity contribution is 9.10. The van der Waals surface area contributed by atoms with E-state index in [-0.39, 0.29) is 5.69 Å². The van der Waals surface area contributed by atoms with E-state index < -0.39 is 5.97 Å². The molecule has 1 aromatic heterocycles. The third-order valence-corrected chi connectivity index (χ3v) is 2.24. The van der Waals surface area contributed by atoms with Gasteiger partial charge in [0.1, 0.15) is 0 Å². The summed E-state index contributed by atoms with van der Waals surface area (Å²) in [7, 11) is 0. The lowest BCUT2D eigenvalue weighted by atomic mass is 10.3. The number of rotatable bonds is 2. The van der Waals surface area contributed by atoms with Gasteiger partial charge in [-0.2, -0.15) is 9.90 Å². The molecule has 2 aromatic rings. The summed E-state index contributed by atoms with van der Waals surface area (Å²) in [4.78, 5) is 11.9. The van der Waals surface area contributed by atoms with Crippen molar-refractivity contribution in [2.75, 3.05) is 0 Å². The van der Waals surface area contributed by atoms with Gasteiger partial charge in [0.15, 0.2) is 5.69 Å². The van der Waals surface area contributed by atoms with Gasteiger partial charge in [-0.15, -0.1) is 5.10 Å². The SMILES string of the molecule is O=C(O)c1cnn(-c2cccc(Br)c2)n1. The Bertz CT molecular complexity index is 510. The number of carboxylic acids is 1. The van der Waals surface area contributed by atoms with Crippen molar-refractivity contribution >= 4 is 21.9 Å². The fourth-order valence-corrected chi connectivity index (χ4v) is 1.47. The van der Waals surface area contributed by atoms with Gasteiger partial charge in [-0.3, -0.25) is 0 Å². The normalized spacial score (nSPS) is 10.2. The molecule has 0 atom stereocenters. The van der Waals surface area contributed by atoms with E-state index in [0.717, 1.165) is 4.47 Å². The van der Waals surface area contributed by atoms with Crippen molar-refractivity contribution in [1.29, 1.82) is 0 Å². The smallest absolute Gasteiger partial charge is 0.358 e. The molecule has 0 aliphatic rings. The molecule has 0 amide bonds. The molecule has 1 aromatic carbocycles. The van der Waals surface area contributed by atoms with Crippen LogP contribution in [-0.4, -0.2) is 26.1 Å². The monoisotopic (exact) mass is 267 g/mol. The molecule has 15 heavy (non-hydrogen) atoms. The molecule has 0 unspecified atom stereocenters. The number of aromatic nitrogens is 3. The second-order valence-corrected chi connectivity index (χ2v) is 3.72. The first kappa shape index (κ1) is 9.85. The zero-order chi connectivity index (χ0) is 10.8. The summed E-state index contributed by atoms with van der Waals surface area (Å²) in [6.45, 7) is 0. The summed E-state index contributed by atoms with van der Waals surface area (Å²) >= 11 is 3.31. The van der Waals surface area contributed by atoms with Crippen LogP contribution < -0.4 is 0 Å². The summed E-state index contributed by atoms with van der Waals surface area (Å²) in [5.41, 5.74) is 0.631. The van der Waals surface area contributed by atoms with Crippen molar-refractivity contribution in [3.63, 3.8) is 0 Å². The largest absolute Gasteiger partial charge is 0.476 e. The van der Waals surface area contributed by atoms with Crippen molar-refractivity contribution in [1.82, 2.24) is 15.0 Å². The van der Waals surface area contributed by atoms with Gasteiger partial charge in [-0.1, -0.05) is 22.0 Å². The van der Waals surface area contributed by atoms with Crippen molar-refractivity contribution in [2.24, 2.45) is 0 Å². The Morgan fingerprint density at radius 2 is 2.27 bits per heavy atom. The molecule has 0 bridgehead atoms. The van der Waals surface area contributed by atoms with Crippen LogP contribution in [0.5, 0.6) is 0 Å². The lowest BCUT2D eigenvalue weighted by Crippen LogP contribution is -2.02. The van der Waals surface area contributed by atoms with Crippen molar-refractivity contribution < 1.29 is 9.90 Å². The van der Waals surface area contributed by atoms with Gasteiger partial charge in [0.25, 0.3) is 0 Å². The Kier molecular flexibility index (Phi) is 2.51. The van der Waals surface area contributed by atoms with Crippen LogP contribution in [0, 0.1) is 0 Å². The molecule has 0 saturated carbocycles. The topological polar surface area (TPSA) is 68.0 Å². The standard InChI is InChI=1S/C9H6BrN3O2/c10-6-2-1-3-7(4-6)13-11-5-8(12-13)9(14)15/h1-5H,(H,14,15). The predicted molar refractivity (Wildman–Crippen MR) is 56.0 cm³/mol. The minimum Gasteiger partial charge on any atom is -0.476 e. The van der Waals surface area contributed by atoms with Crippen molar-refractivity contribution in [3.05, 3.63) is 40.6 Å². The maximum atomic E-state index is 10.6. The summed E-state index contributed by atoms with van der Waals surface area (Å²) in [5.74, 6) is -1.09. The number of carboxylic acid groups (broad SMARTS) is 1. The third kappa shape index (κ3) is 2.04. The minimum absolute atomic E-state index is 0.0741. The highest BCUT2D eigenvalue weighted by atomic mass is 79.9. The van der Waals surface area contributed by atoms with E-state index in [1.807, 2.05) is 12.1 Å². The van der Waals surface area contributed by atoms with Gasteiger partial charge >= 0.3 is 5.97 Å². The highest BCUT2D eigenvalue weighted by Gasteiger charge is 2.08. The molecule has 5 nitrogen and oxygen atoms in total. The molecule has 0 spiro atoms. The fraction of sp³-hybridized carbons (Fsp3) is 0. The lowest BCUT2D eigenvalue weighted by molar-refractivity contribution is 0.0690.